The van der Waals surface area contributed by atoms with Gasteiger partial charge in [0.1, 0.15) is 12.4 Å². The summed E-state index contributed by atoms with van der Waals surface area (Å²) in [6.07, 6.45) is 0. The Hall–Kier alpha value is -1.13. The van der Waals surface area contributed by atoms with Gasteiger partial charge in [0.15, 0.2) is 0 Å². The molecule has 1 aromatic rings. The Balaban J connectivity index is 2.51. The topological polar surface area (TPSA) is 46.5 Å². The van der Waals surface area contributed by atoms with Crippen LogP contribution in [-0.2, 0) is 16.1 Å². The number of ether oxygens (including phenoxy) is 1. The lowest BCUT2D eigenvalue weighted by Crippen LogP contribution is -2.06. The number of hydrogen-bond acceptors (Lipinski definition) is 2. The molecule has 0 saturated heterocycles. The molecule has 0 unspecified atom stereocenters. The predicted molar refractivity (Wildman–Crippen MR) is 48.7 cm³/mol. The van der Waals surface area contributed by atoms with E-state index in [2.05, 4.69) is 0 Å². The van der Waals surface area contributed by atoms with Crippen molar-refractivity contribution in [2.45, 2.75) is 6.61 Å². The van der Waals surface area contributed by atoms with Crippen molar-refractivity contribution in [3.05, 3.63) is 34.6 Å². The van der Waals surface area contributed by atoms with Gasteiger partial charge in [-0.1, -0.05) is 17.7 Å². The van der Waals surface area contributed by atoms with Crippen LogP contribution in [0.25, 0.3) is 0 Å². The highest BCUT2D eigenvalue weighted by Crippen LogP contribution is 2.15. The molecule has 0 aliphatic carbocycles. The molecule has 0 amide bonds. The molecule has 0 saturated carbocycles. The molecule has 0 atom stereocenters. The highest BCUT2D eigenvalue weighted by atomic mass is 35.5. The summed E-state index contributed by atoms with van der Waals surface area (Å²) in [5, 5.41) is 8.30. The van der Waals surface area contributed by atoms with Crippen LogP contribution in [0.4, 0.5) is 4.39 Å². The average molecular weight is 219 g/mol. The van der Waals surface area contributed by atoms with Crippen molar-refractivity contribution >= 4 is 17.6 Å². The molecule has 0 bridgehead atoms. The number of carbonyl (C=O) groups is 1. The highest BCUT2D eigenvalue weighted by Gasteiger charge is 2.02. The van der Waals surface area contributed by atoms with E-state index >= 15 is 0 Å². The van der Waals surface area contributed by atoms with E-state index in [4.69, 9.17) is 21.4 Å². The van der Waals surface area contributed by atoms with Crippen LogP contribution >= 0.6 is 11.6 Å². The first kappa shape index (κ1) is 10.9. The lowest BCUT2D eigenvalue weighted by molar-refractivity contribution is -0.142. The van der Waals surface area contributed by atoms with Gasteiger partial charge in [-0.2, -0.15) is 0 Å². The average Bonchev–Trinajstić information content (AvgIpc) is 2.10. The number of carboxylic acids is 1. The number of carboxylic acid groups (broad SMARTS) is 1. The van der Waals surface area contributed by atoms with Crippen molar-refractivity contribution in [3.8, 4) is 0 Å². The number of hydrogen-bond donors (Lipinski definition) is 1. The third kappa shape index (κ3) is 3.32. The van der Waals surface area contributed by atoms with Crippen LogP contribution < -0.4 is 0 Å². The predicted octanol–water partition coefficient (Wildman–Crippen LogP) is 2.08. The van der Waals surface area contributed by atoms with E-state index in [0.29, 0.717) is 5.56 Å². The minimum absolute atomic E-state index is 0.0342. The molecule has 0 spiro atoms. The van der Waals surface area contributed by atoms with E-state index < -0.39 is 18.4 Å². The van der Waals surface area contributed by atoms with Crippen LogP contribution in [-0.4, -0.2) is 17.7 Å². The van der Waals surface area contributed by atoms with Crippen LogP contribution in [0.3, 0.4) is 0 Å². The summed E-state index contributed by atoms with van der Waals surface area (Å²) in [5.41, 5.74) is 0.549. The first-order valence-electron chi connectivity index (χ1n) is 3.83. The fourth-order valence-electron chi connectivity index (χ4n) is 0.886. The van der Waals surface area contributed by atoms with E-state index in [1.807, 2.05) is 0 Å². The van der Waals surface area contributed by atoms with Gasteiger partial charge in [-0.3, -0.25) is 0 Å². The summed E-state index contributed by atoms with van der Waals surface area (Å²) in [6.45, 7) is -0.343. The monoisotopic (exact) mass is 218 g/mol. The number of benzene rings is 1. The maximum Gasteiger partial charge on any atom is 0.329 e. The van der Waals surface area contributed by atoms with Crippen molar-refractivity contribution in [2.75, 3.05) is 6.61 Å². The maximum absolute atomic E-state index is 12.9. The van der Waals surface area contributed by atoms with Gasteiger partial charge in [0, 0.05) is 0 Å². The molecular formula is C9H8ClFO3. The smallest absolute Gasteiger partial charge is 0.329 e. The molecule has 0 aromatic heterocycles. The molecule has 0 radical (unpaired) electrons. The third-order valence-corrected chi connectivity index (χ3v) is 1.78. The second-order valence-electron chi connectivity index (χ2n) is 2.63. The molecule has 5 heteroatoms. The Kier molecular flexibility index (Phi) is 3.85. The van der Waals surface area contributed by atoms with Crippen LogP contribution in [0.2, 0.25) is 5.02 Å². The van der Waals surface area contributed by atoms with Crippen LogP contribution in [0, 0.1) is 5.82 Å². The van der Waals surface area contributed by atoms with Crippen molar-refractivity contribution < 1.29 is 19.0 Å². The second-order valence-corrected chi connectivity index (χ2v) is 3.04. The quantitative estimate of drug-likeness (QED) is 0.842. The first-order chi connectivity index (χ1) is 6.59. The molecule has 1 N–H and O–H groups in total. The van der Waals surface area contributed by atoms with Crippen molar-refractivity contribution in [1.29, 1.82) is 0 Å². The van der Waals surface area contributed by atoms with Crippen molar-refractivity contribution in [1.82, 2.24) is 0 Å². The Morgan fingerprint density at radius 2 is 2.29 bits per heavy atom. The molecule has 0 fully saturated rings. The Morgan fingerprint density at radius 3 is 2.86 bits per heavy atom. The summed E-state index contributed by atoms with van der Waals surface area (Å²) in [7, 11) is 0. The lowest BCUT2D eigenvalue weighted by Gasteiger charge is -2.02. The van der Waals surface area contributed by atoms with Gasteiger partial charge >= 0.3 is 5.97 Å². The zero-order valence-electron chi connectivity index (χ0n) is 7.17. The van der Waals surface area contributed by atoms with E-state index in [1.54, 1.807) is 6.07 Å². The van der Waals surface area contributed by atoms with E-state index in [9.17, 15) is 9.18 Å². The molecule has 3 nitrogen and oxygen atoms in total. The van der Waals surface area contributed by atoms with Gasteiger partial charge in [-0.05, 0) is 17.7 Å². The van der Waals surface area contributed by atoms with Crippen molar-refractivity contribution in [3.63, 3.8) is 0 Å². The number of halogens is 2. The zero-order valence-corrected chi connectivity index (χ0v) is 7.92. The third-order valence-electron chi connectivity index (χ3n) is 1.48. The van der Waals surface area contributed by atoms with Crippen LogP contribution in [0.5, 0.6) is 0 Å². The molecule has 0 aliphatic heterocycles. The number of aliphatic carboxylic acids is 1. The summed E-state index contributed by atoms with van der Waals surface area (Å²) in [4.78, 5) is 10.1. The maximum atomic E-state index is 12.9. The van der Waals surface area contributed by atoms with E-state index in [0.717, 1.165) is 0 Å². The minimum Gasteiger partial charge on any atom is -0.480 e. The SMILES string of the molecule is O=C(O)COCc1ccc(Cl)c(F)c1. The van der Waals surface area contributed by atoms with Crippen LogP contribution in [0.15, 0.2) is 18.2 Å². The van der Waals surface area contributed by atoms with Crippen LogP contribution in [0.1, 0.15) is 5.56 Å². The van der Waals surface area contributed by atoms with Gasteiger partial charge < -0.3 is 9.84 Å². The number of rotatable bonds is 4. The second kappa shape index (κ2) is 4.93. The standard InChI is InChI=1S/C9H8ClFO3/c10-7-2-1-6(3-8(7)11)4-14-5-9(12)13/h1-3H,4-5H2,(H,12,13). The molecule has 0 heterocycles. The first-order valence-corrected chi connectivity index (χ1v) is 4.21. The Morgan fingerprint density at radius 1 is 1.57 bits per heavy atom. The summed E-state index contributed by atoms with van der Waals surface area (Å²) >= 11 is 5.46. The molecule has 1 aromatic carbocycles. The van der Waals surface area contributed by atoms with Gasteiger partial charge in [0.25, 0.3) is 0 Å². The fraction of sp³-hybridized carbons (Fsp3) is 0.222. The minimum atomic E-state index is -1.06. The molecule has 1 rings (SSSR count). The van der Waals surface area contributed by atoms with E-state index in [-0.39, 0.29) is 11.6 Å². The fourth-order valence-corrected chi connectivity index (χ4v) is 1.00. The molecule has 14 heavy (non-hydrogen) atoms. The molecule has 0 aliphatic rings. The van der Waals surface area contributed by atoms with E-state index in [1.165, 1.54) is 12.1 Å². The summed E-state index contributed by atoms with van der Waals surface area (Å²) < 4.78 is 17.6. The summed E-state index contributed by atoms with van der Waals surface area (Å²) in [6, 6.07) is 4.19. The normalized spacial score (nSPS) is 10.1. The Labute approximate surface area is 85.1 Å². The molecular weight excluding hydrogens is 211 g/mol. The van der Waals surface area contributed by atoms with Gasteiger partial charge in [0.05, 0.1) is 11.6 Å². The van der Waals surface area contributed by atoms with Gasteiger partial charge in [0.2, 0.25) is 0 Å². The Bertz CT molecular complexity index is 341. The molecule has 76 valence electrons. The zero-order chi connectivity index (χ0) is 10.6. The van der Waals surface area contributed by atoms with Gasteiger partial charge in [-0.15, -0.1) is 0 Å². The van der Waals surface area contributed by atoms with Crippen molar-refractivity contribution in [2.24, 2.45) is 0 Å². The largest absolute Gasteiger partial charge is 0.480 e. The lowest BCUT2D eigenvalue weighted by atomic mass is 10.2. The summed E-state index contributed by atoms with van der Waals surface area (Å²) in [5.74, 6) is -1.59. The highest BCUT2D eigenvalue weighted by molar-refractivity contribution is 6.30. The van der Waals surface area contributed by atoms with Gasteiger partial charge in [-0.25, -0.2) is 9.18 Å².